The summed E-state index contributed by atoms with van der Waals surface area (Å²) >= 11 is 1.63. The Kier molecular flexibility index (Phi) is 7.22. The number of hydrogen-bond acceptors (Lipinski definition) is 4. The number of halogens is 2. The van der Waals surface area contributed by atoms with Crippen molar-refractivity contribution >= 4 is 47.0 Å². The summed E-state index contributed by atoms with van der Waals surface area (Å²) in [6.45, 7) is 4.25. The predicted octanol–water partition coefficient (Wildman–Crippen LogP) is 2.80. The fourth-order valence-corrected chi connectivity index (χ4v) is 3.21. The van der Waals surface area contributed by atoms with Gasteiger partial charge in [-0.25, -0.2) is 9.37 Å². The molecule has 3 rings (SSSR count). The van der Waals surface area contributed by atoms with Gasteiger partial charge in [-0.1, -0.05) is 0 Å². The molecule has 8 heteroatoms. The van der Waals surface area contributed by atoms with E-state index in [1.165, 1.54) is 12.1 Å². The van der Waals surface area contributed by atoms with Crippen LogP contribution in [0.15, 0.2) is 40.8 Å². The molecule has 1 N–H and O–H groups in total. The van der Waals surface area contributed by atoms with E-state index < -0.39 is 0 Å². The molecule has 1 aliphatic heterocycles. The summed E-state index contributed by atoms with van der Waals surface area (Å²) < 4.78 is 13.0. The number of piperazine rings is 1. The Hall–Kier alpha value is -1.42. The number of guanidine groups is 1. The zero-order valence-corrected chi connectivity index (χ0v) is 16.6. The van der Waals surface area contributed by atoms with Crippen molar-refractivity contribution in [2.45, 2.75) is 6.54 Å². The van der Waals surface area contributed by atoms with E-state index in [0.29, 0.717) is 6.54 Å². The number of nitrogens with one attached hydrogen (secondary N) is 1. The molecule has 2 aromatic rings. The zero-order valence-electron chi connectivity index (χ0n) is 13.5. The normalized spacial score (nSPS) is 15.2. The Morgan fingerprint density at radius 3 is 2.54 bits per heavy atom. The summed E-state index contributed by atoms with van der Waals surface area (Å²) in [6.07, 6.45) is 1.81. The van der Waals surface area contributed by atoms with Crippen LogP contribution in [0.25, 0.3) is 0 Å². The van der Waals surface area contributed by atoms with Crippen molar-refractivity contribution in [2.24, 2.45) is 4.99 Å². The quantitative estimate of drug-likeness (QED) is 0.434. The molecule has 0 bridgehead atoms. The van der Waals surface area contributed by atoms with E-state index in [0.717, 1.165) is 42.8 Å². The van der Waals surface area contributed by atoms with E-state index >= 15 is 0 Å². The molecule has 0 aliphatic carbocycles. The second-order valence-corrected chi connectivity index (χ2v) is 6.26. The van der Waals surface area contributed by atoms with Crippen LogP contribution in [0.2, 0.25) is 0 Å². The van der Waals surface area contributed by atoms with Crippen LogP contribution in [0.1, 0.15) is 5.01 Å². The number of rotatable bonds is 3. The fraction of sp³-hybridized carbons (Fsp3) is 0.375. The van der Waals surface area contributed by atoms with E-state index in [4.69, 9.17) is 0 Å². The second-order valence-electron chi connectivity index (χ2n) is 5.28. The first-order valence-corrected chi connectivity index (χ1v) is 8.49. The smallest absolute Gasteiger partial charge is 0.194 e. The molecule has 0 unspecified atom stereocenters. The maximum Gasteiger partial charge on any atom is 0.194 e. The van der Waals surface area contributed by atoms with Crippen molar-refractivity contribution in [3.05, 3.63) is 46.7 Å². The van der Waals surface area contributed by atoms with Gasteiger partial charge in [0, 0.05) is 50.5 Å². The number of aliphatic imine (C=N–C) groups is 1. The highest BCUT2D eigenvalue weighted by Gasteiger charge is 2.19. The molecule has 5 nitrogen and oxygen atoms in total. The summed E-state index contributed by atoms with van der Waals surface area (Å²) in [5.41, 5.74) is 1.07. The molecule has 24 heavy (non-hydrogen) atoms. The zero-order chi connectivity index (χ0) is 16.1. The molecular weight excluding hydrogens is 440 g/mol. The van der Waals surface area contributed by atoms with E-state index in [9.17, 15) is 4.39 Å². The van der Waals surface area contributed by atoms with Gasteiger partial charge in [0.25, 0.3) is 0 Å². The molecule has 0 atom stereocenters. The topological polar surface area (TPSA) is 43.8 Å². The van der Waals surface area contributed by atoms with Crippen molar-refractivity contribution in [3.8, 4) is 0 Å². The van der Waals surface area contributed by atoms with Crippen LogP contribution in [-0.4, -0.2) is 49.1 Å². The first-order valence-electron chi connectivity index (χ1n) is 7.61. The number of thiazole rings is 1. The first-order chi connectivity index (χ1) is 11.3. The minimum atomic E-state index is -0.195. The summed E-state index contributed by atoms with van der Waals surface area (Å²) in [7, 11) is 1.80. The largest absolute Gasteiger partial charge is 0.368 e. The first kappa shape index (κ1) is 18.9. The Bertz CT molecular complexity index is 639. The molecule has 130 valence electrons. The molecule has 0 radical (unpaired) electrons. The molecule has 0 spiro atoms. The molecular formula is C16H21FIN5S. The van der Waals surface area contributed by atoms with E-state index in [1.54, 1.807) is 18.4 Å². The molecule has 1 aromatic heterocycles. The average molecular weight is 461 g/mol. The highest BCUT2D eigenvalue weighted by molar-refractivity contribution is 14.0. The van der Waals surface area contributed by atoms with Crippen LogP contribution in [0.3, 0.4) is 0 Å². The number of hydrogen-bond donors (Lipinski definition) is 1. The van der Waals surface area contributed by atoms with E-state index in [-0.39, 0.29) is 29.8 Å². The average Bonchev–Trinajstić information content (AvgIpc) is 3.10. The van der Waals surface area contributed by atoms with Gasteiger partial charge in [-0.05, 0) is 24.3 Å². The van der Waals surface area contributed by atoms with Crippen molar-refractivity contribution in [1.82, 2.24) is 15.2 Å². The molecule has 1 aromatic carbocycles. The predicted molar refractivity (Wildman–Crippen MR) is 108 cm³/mol. The monoisotopic (exact) mass is 461 g/mol. The van der Waals surface area contributed by atoms with Gasteiger partial charge in [0.15, 0.2) is 5.96 Å². The number of benzene rings is 1. The highest BCUT2D eigenvalue weighted by atomic mass is 127. The lowest BCUT2D eigenvalue weighted by molar-refractivity contribution is 0.372. The van der Waals surface area contributed by atoms with Crippen molar-refractivity contribution in [1.29, 1.82) is 0 Å². The van der Waals surface area contributed by atoms with Crippen LogP contribution in [0.4, 0.5) is 10.1 Å². The van der Waals surface area contributed by atoms with Gasteiger partial charge in [-0.3, -0.25) is 4.99 Å². The summed E-state index contributed by atoms with van der Waals surface area (Å²) in [5.74, 6) is 0.707. The summed E-state index contributed by atoms with van der Waals surface area (Å²) in [4.78, 5) is 13.1. The molecule has 0 saturated carbocycles. The number of nitrogens with zero attached hydrogens (tertiary/aromatic N) is 4. The van der Waals surface area contributed by atoms with Gasteiger partial charge in [-0.2, -0.15) is 0 Å². The Balaban J connectivity index is 0.00000208. The van der Waals surface area contributed by atoms with Crippen LogP contribution >= 0.6 is 35.3 Å². The highest BCUT2D eigenvalue weighted by Crippen LogP contribution is 2.17. The molecule has 0 amide bonds. The van der Waals surface area contributed by atoms with Crippen LogP contribution < -0.4 is 10.2 Å². The van der Waals surface area contributed by atoms with E-state index in [1.807, 2.05) is 23.7 Å². The van der Waals surface area contributed by atoms with Crippen molar-refractivity contribution in [3.63, 3.8) is 0 Å². The minimum absolute atomic E-state index is 0. The fourth-order valence-electron chi connectivity index (χ4n) is 2.66. The summed E-state index contributed by atoms with van der Waals surface area (Å²) in [5, 5.41) is 6.38. The van der Waals surface area contributed by atoms with Crippen molar-refractivity contribution < 1.29 is 4.39 Å². The van der Waals surface area contributed by atoms with Crippen LogP contribution in [0, 0.1) is 5.82 Å². The van der Waals surface area contributed by atoms with Gasteiger partial charge >= 0.3 is 0 Å². The lowest BCUT2D eigenvalue weighted by Crippen LogP contribution is -2.52. The maximum atomic E-state index is 13.0. The molecule has 1 aliphatic rings. The lowest BCUT2D eigenvalue weighted by atomic mass is 10.2. The minimum Gasteiger partial charge on any atom is -0.368 e. The maximum absolute atomic E-state index is 13.0. The third kappa shape index (κ3) is 4.79. The third-order valence-electron chi connectivity index (χ3n) is 3.86. The Labute approximate surface area is 162 Å². The van der Waals surface area contributed by atoms with Gasteiger partial charge in [-0.15, -0.1) is 35.3 Å². The Morgan fingerprint density at radius 2 is 1.96 bits per heavy atom. The van der Waals surface area contributed by atoms with Crippen LogP contribution in [-0.2, 0) is 6.54 Å². The third-order valence-corrected chi connectivity index (χ3v) is 4.64. The van der Waals surface area contributed by atoms with E-state index in [2.05, 4.69) is 25.1 Å². The van der Waals surface area contributed by atoms with Crippen molar-refractivity contribution in [2.75, 3.05) is 38.1 Å². The SMILES string of the molecule is CN=C(NCc1nccs1)N1CCN(c2ccc(F)cc2)CC1.I. The van der Waals surface area contributed by atoms with Gasteiger partial charge in [0.1, 0.15) is 10.8 Å². The van der Waals surface area contributed by atoms with Crippen LogP contribution in [0.5, 0.6) is 0 Å². The second kappa shape index (κ2) is 9.16. The number of anilines is 1. The van der Waals surface area contributed by atoms with Gasteiger partial charge < -0.3 is 15.1 Å². The van der Waals surface area contributed by atoms with Gasteiger partial charge in [0.2, 0.25) is 0 Å². The molecule has 2 heterocycles. The molecule has 1 fully saturated rings. The number of aromatic nitrogens is 1. The lowest BCUT2D eigenvalue weighted by Gasteiger charge is -2.37. The van der Waals surface area contributed by atoms with Gasteiger partial charge in [0.05, 0.1) is 6.54 Å². The summed E-state index contributed by atoms with van der Waals surface area (Å²) in [6, 6.07) is 6.69. The Morgan fingerprint density at radius 1 is 1.25 bits per heavy atom. The molecule has 1 saturated heterocycles. The standard InChI is InChI=1S/C16H20FN5S.HI/c1-18-16(20-12-15-19-6-11-23-15)22-9-7-21(8-10-22)14-4-2-13(17)3-5-14;/h2-6,11H,7-10,12H2,1H3,(H,18,20);1H.